The summed E-state index contributed by atoms with van der Waals surface area (Å²) in [6.45, 7) is 4.75. The second-order valence-electron chi connectivity index (χ2n) is 9.23. The maximum atomic E-state index is 12.2. The molecule has 0 fully saturated rings. The Morgan fingerprint density at radius 1 is 0.944 bits per heavy atom. The van der Waals surface area contributed by atoms with Crippen LogP contribution in [0, 0.1) is 5.92 Å². The van der Waals surface area contributed by atoms with Crippen LogP contribution in [0.4, 0.5) is 5.69 Å². The molecule has 6 nitrogen and oxygen atoms in total. The Kier molecular flexibility index (Phi) is 8.06. The molecule has 36 heavy (non-hydrogen) atoms. The number of rotatable bonds is 12. The zero-order valence-electron chi connectivity index (χ0n) is 20.6. The van der Waals surface area contributed by atoms with E-state index >= 15 is 0 Å². The van der Waals surface area contributed by atoms with Crippen LogP contribution < -0.4 is 10.1 Å². The number of nitrogens with one attached hydrogen (secondary N) is 1. The number of hydrogen-bond acceptors (Lipinski definition) is 5. The number of para-hydroxylation sites is 1. The largest absolute Gasteiger partial charge is 0.491 e. The number of anilines is 1. The summed E-state index contributed by atoms with van der Waals surface area (Å²) in [5, 5.41) is 13.3. The van der Waals surface area contributed by atoms with Crippen molar-refractivity contribution < 1.29 is 23.8 Å². The lowest BCUT2D eigenvalue weighted by Gasteiger charge is -2.24. The lowest BCUT2D eigenvalue weighted by atomic mass is 10.0. The first kappa shape index (κ1) is 25.0. The third-order valence-electron chi connectivity index (χ3n) is 6.15. The summed E-state index contributed by atoms with van der Waals surface area (Å²) in [7, 11) is 0. The highest BCUT2D eigenvalue weighted by molar-refractivity contribution is 5.96. The predicted octanol–water partition coefficient (Wildman–Crippen LogP) is 7.05. The summed E-state index contributed by atoms with van der Waals surface area (Å²) >= 11 is 0. The summed E-state index contributed by atoms with van der Waals surface area (Å²) in [6.07, 6.45) is 0.584. The van der Waals surface area contributed by atoms with E-state index < -0.39 is 5.97 Å². The van der Waals surface area contributed by atoms with E-state index in [4.69, 9.17) is 14.3 Å². The van der Waals surface area contributed by atoms with E-state index in [1.807, 2.05) is 66.7 Å². The molecule has 4 rings (SSSR count). The summed E-state index contributed by atoms with van der Waals surface area (Å²) in [5.41, 5.74) is 3.36. The molecule has 1 aromatic heterocycles. The van der Waals surface area contributed by atoms with E-state index in [1.165, 1.54) is 0 Å². The number of benzene rings is 3. The highest BCUT2D eigenvalue weighted by Gasteiger charge is 2.15. The summed E-state index contributed by atoms with van der Waals surface area (Å²) < 4.78 is 12.0. The number of carboxylic acids is 1. The Morgan fingerprint density at radius 2 is 1.67 bits per heavy atom. The normalized spacial score (nSPS) is 12.0. The molecule has 0 aliphatic heterocycles. The average Bonchev–Trinajstić information content (AvgIpc) is 3.31. The second kappa shape index (κ2) is 11.6. The summed E-state index contributed by atoms with van der Waals surface area (Å²) in [5.74, 6) is 0.999. The van der Waals surface area contributed by atoms with Gasteiger partial charge in [0.1, 0.15) is 23.7 Å². The molecule has 186 valence electrons. The quantitative estimate of drug-likeness (QED) is 0.209. The number of ether oxygens (including phenoxy) is 1. The molecule has 0 aliphatic carbocycles. The van der Waals surface area contributed by atoms with Gasteiger partial charge in [0.25, 0.3) is 0 Å². The van der Waals surface area contributed by atoms with Gasteiger partial charge in [0.05, 0.1) is 6.04 Å². The van der Waals surface area contributed by atoms with E-state index in [1.54, 1.807) is 12.1 Å². The molecular formula is C30H31NO5. The zero-order valence-corrected chi connectivity index (χ0v) is 20.6. The van der Waals surface area contributed by atoms with Crippen LogP contribution in [0.1, 0.15) is 43.5 Å². The van der Waals surface area contributed by atoms with Crippen molar-refractivity contribution >= 4 is 28.4 Å². The molecule has 0 amide bonds. The minimum atomic E-state index is -0.883. The fraction of sp³-hybridized carbons (Fsp3) is 0.267. The van der Waals surface area contributed by atoms with E-state index in [0.717, 1.165) is 33.7 Å². The number of hydrogen-bond donors (Lipinski definition) is 2. The van der Waals surface area contributed by atoms with Gasteiger partial charge in [-0.3, -0.25) is 9.59 Å². The van der Waals surface area contributed by atoms with Crippen molar-refractivity contribution in [1.82, 2.24) is 0 Å². The van der Waals surface area contributed by atoms with Gasteiger partial charge in [-0.25, -0.2) is 0 Å². The summed E-state index contributed by atoms with van der Waals surface area (Å²) in [4.78, 5) is 22.9. The molecule has 0 spiro atoms. The Bertz CT molecular complexity index is 1270. The first-order chi connectivity index (χ1) is 17.4. The van der Waals surface area contributed by atoms with Crippen LogP contribution in [-0.4, -0.2) is 29.5 Å². The van der Waals surface area contributed by atoms with E-state index in [0.29, 0.717) is 24.5 Å². The summed E-state index contributed by atoms with van der Waals surface area (Å²) in [6, 6.07) is 25.3. The molecule has 4 aromatic rings. The Balaban J connectivity index is 1.32. The van der Waals surface area contributed by atoms with Gasteiger partial charge in [0, 0.05) is 35.0 Å². The van der Waals surface area contributed by atoms with Gasteiger partial charge in [-0.15, -0.1) is 0 Å². The molecule has 0 aliphatic rings. The molecule has 0 radical (unpaired) electrons. The van der Waals surface area contributed by atoms with Crippen LogP contribution in [0.2, 0.25) is 0 Å². The lowest BCUT2D eigenvalue weighted by Crippen LogP contribution is -2.32. The second-order valence-corrected chi connectivity index (χ2v) is 9.23. The van der Waals surface area contributed by atoms with Gasteiger partial charge >= 0.3 is 5.97 Å². The molecular weight excluding hydrogens is 454 g/mol. The average molecular weight is 486 g/mol. The molecule has 1 atom stereocenters. The number of furan rings is 1. The smallest absolute Gasteiger partial charge is 0.303 e. The van der Waals surface area contributed by atoms with Crippen LogP contribution >= 0.6 is 0 Å². The number of carboxylic acid groups (broad SMARTS) is 1. The van der Waals surface area contributed by atoms with Crippen LogP contribution in [0.3, 0.4) is 0 Å². The number of carbonyl (C=O) groups excluding carboxylic acids is 1. The highest BCUT2D eigenvalue weighted by atomic mass is 16.5. The molecule has 3 aromatic carbocycles. The van der Waals surface area contributed by atoms with Gasteiger partial charge < -0.3 is 19.6 Å². The monoisotopic (exact) mass is 485 g/mol. The number of Topliss-reactive ketones (excluding diaryl/α,β-unsaturated/α-hetero) is 1. The van der Waals surface area contributed by atoms with Crippen molar-refractivity contribution in [1.29, 1.82) is 0 Å². The van der Waals surface area contributed by atoms with Crippen molar-refractivity contribution in [2.24, 2.45) is 5.92 Å². The minimum Gasteiger partial charge on any atom is -0.491 e. The maximum absolute atomic E-state index is 12.2. The number of ketones is 1. The first-order valence-corrected chi connectivity index (χ1v) is 12.2. The zero-order chi connectivity index (χ0) is 25.5. The van der Waals surface area contributed by atoms with Gasteiger partial charge in [-0.2, -0.15) is 0 Å². The third-order valence-corrected chi connectivity index (χ3v) is 6.15. The van der Waals surface area contributed by atoms with E-state index in [-0.39, 0.29) is 24.7 Å². The van der Waals surface area contributed by atoms with Crippen LogP contribution in [0.5, 0.6) is 5.75 Å². The molecule has 0 saturated heterocycles. The van der Waals surface area contributed by atoms with Crippen molar-refractivity contribution in [3.05, 3.63) is 84.4 Å². The molecule has 0 unspecified atom stereocenters. The van der Waals surface area contributed by atoms with Gasteiger partial charge in [-0.1, -0.05) is 32.0 Å². The topological polar surface area (TPSA) is 88.8 Å². The maximum Gasteiger partial charge on any atom is 0.303 e. The lowest BCUT2D eigenvalue weighted by molar-refractivity contribution is -0.137. The van der Waals surface area contributed by atoms with E-state index in [9.17, 15) is 9.59 Å². The van der Waals surface area contributed by atoms with Crippen LogP contribution in [-0.2, 0) is 4.79 Å². The molecule has 1 heterocycles. The van der Waals surface area contributed by atoms with Crippen molar-refractivity contribution in [3.8, 4) is 17.1 Å². The molecule has 0 saturated carbocycles. The Morgan fingerprint density at radius 3 is 2.33 bits per heavy atom. The predicted molar refractivity (Wildman–Crippen MR) is 142 cm³/mol. The van der Waals surface area contributed by atoms with Crippen LogP contribution in [0.15, 0.2) is 83.3 Å². The number of aliphatic carboxylic acids is 1. The Hall–Kier alpha value is -4.06. The van der Waals surface area contributed by atoms with Crippen molar-refractivity contribution in [3.63, 3.8) is 0 Å². The van der Waals surface area contributed by atoms with Gasteiger partial charge in [-0.05, 0) is 73.0 Å². The van der Waals surface area contributed by atoms with Crippen molar-refractivity contribution in [2.45, 2.75) is 39.2 Å². The first-order valence-electron chi connectivity index (χ1n) is 12.2. The molecule has 2 N–H and O–H groups in total. The Labute approximate surface area is 210 Å². The fourth-order valence-corrected chi connectivity index (χ4v) is 3.94. The molecule has 0 bridgehead atoms. The minimum absolute atomic E-state index is 0.00405. The standard InChI is InChI=1S/C30H31NO5/c1-20(2)26(31-24-14-10-21(11-15-24)27(32)7-5-9-30(33)34)19-35-25-16-12-22(13-17-25)29-18-23-6-3-4-8-28(23)36-29/h3-4,6,8,10-18,20,26,31H,5,7,9,19H2,1-2H3,(H,33,34)/t26-/m0/s1. The van der Waals surface area contributed by atoms with Crippen LogP contribution in [0.25, 0.3) is 22.3 Å². The number of carbonyl (C=O) groups is 2. The number of fused-ring (bicyclic) bond motifs is 1. The molecule has 6 heteroatoms. The van der Waals surface area contributed by atoms with Gasteiger partial charge in [0.15, 0.2) is 5.78 Å². The highest BCUT2D eigenvalue weighted by Crippen LogP contribution is 2.29. The van der Waals surface area contributed by atoms with Crippen molar-refractivity contribution in [2.75, 3.05) is 11.9 Å². The fourth-order valence-electron chi connectivity index (χ4n) is 3.94. The SMILES string of the molecule is CC(C)[C@H](COc1ccc(-c2cc3ccccc3o2)cc1)Nc1ccc(C(=O)CCCC(=O)O)cc1. The van der Waals surface area contributed by atoms with E-state index in [2.05, 4.69) is 19.2 Å². The third kappa shape index (κ3) is 6.54. The van der Waals surface area contributed by atoms with Gasteiger partial charge in [0.2, 0.25) is 0 Å².